The Hall–Kier alpha value is -2.74. The van der Waals surface area contributed by atoms with E-state index in [4.69, 9.17) is 52.0 Å². The van der Waals surface area contributed by atoms with Crippen molar-refractivity contribution in [2.24, 2.45) is 0 Å². The van der Waals surface area contributed by atoms with Gasteiger partial charge < -0.3 is 5.32 Å². The van der Waals surface area contributed by atoms with Gasteiger partial charge in [-0.25, -0.2) is 4.98 Å². The van der Waals surface area contributed by atoms with Crippen molar-refractivity contribution in [3.8, 4) is 10.6 Å². The molecule has 0 saturated carbocycles. The van der Waals surface area contributed by atoms with Crippen LogP contribution in [0.4, 0.5) is 5.69 Å². The standard InChI is InChI=1S/C25H14Cl3N3OS2/c26-13-11-17(24-29-20-9-1-2-10-21(20)34-24)22(19(28)12-13)30-25(33)31-23(32)16-7-3-6-15-14(16)5-4-8-18(15)27/h1-12H,(H2,30,31,32,33). The Balaban J connectivity index is 1.45. The van der Waals surface area contributed by atoms with Gasteiger partial charge in [0.15, 0.2) is 5.11 Å². The topological polar surface area (TPSA) is 54.0 Å². The van der Waals surface area contributed by atoms with Crippen molar-refractivity contribution >= 4 is 96.1 Å². The van der Waals surface area contributed by atoms with E-state index in [0.29, 0.717) is 31.9 Å². The molecule has 4 nitrogen and oxygen atoms in total. The molecule has 1 aromatic heterocycles. The quantitative estimate of drug-likeness (QED) is 0.226. The normalized spacial score (nSPS) is 11.0. The largest absolute Gasteiger partial charge is 0.331 e. The van der Waals surface area contributed by atoms with Crippen LogP contribution in [0.15, 0.2) is 72.8 Å². The smallest absolute Gasteiger partial charge is 0.258 e. The van der Waals surface area contributed by atoms with Crippen molar-refractivity contribution in [2.75, 3.05) is 5.32 Å². The first kappa shape index (κ1) is 23.0. The van der Waals surface area contributed by atoms with Gasteiger partial charge in [-0.1, -0.05) is 71.2 Å². The SMILES string of the molecule is O=C(NC(=S)Nc1c(Cl)cc(Cl)cc1-c1nc2ccccc2s1)c1cccc2c(Cl)cccc12. The maximum atomic E-state index is 13.0. The summed E-state index contributed by atoms with van der Waals surface area (Å²) >= 11 is 26.1. The molecule has 2 N–H and O–H groups in total. The molecular formula is C25H14Cl3N3OS2. The molecule has 0 aliphatic rings. The Morgan fingerprint density at radius 3 is 2.47 bits per heavy atom. The van der Waals surface area contributed by atoms with Crippen LogP contribution in [-0.4, -0.2) is 16.0 Å². The number of amides is 1. The summed E-state index contributed by atoms with van der Waals surface area (Å²) in [6, 6.07) is 22.0. The number of thiocarbonyl (C=S) groups is 1. The van der Waals surface area contributed by atoms with Crippen molar-refractivity contribution in [3.05, 3.63) is 93.4 Å². The fourth-order valence-electron chi connectivity index (χ4n) is 3.64. The maximum Gasteiger partial charge on any atom is 0.258 e. The highest BCUT2D eigenvalue weighted by atomic mass is 35.5. The van der Waals surface area contributed by atoms with Crippen molar-refractivity contribution < 1.29 is 4.79 Å². The summed E-state index contributed by atoms with van der Waals surface area (Å²) in [5.74, 6) is -0.364. The zero-order chi connectivity index (χ0) is 23.8. The van der Waals surface area contributed by atoms with Crippen molar-refractivity contribution in [1.82, 2.24) is 10.3 Å². The molecule has 0 spiro atoms. The Morgan fingerprint density at radius 2 is 1.65 bits per heavy atom. The molecule has 168 valence electrons. The van der Waals surface area contributed by atoms with Gasteiger partial charge in [0.05, 0.1) is 20.9 Å². The summed E-state index contributed by atoms with van der Waals surface area (Å²) in [5, 5.41) is 9.52. The van der Waals surface area contributed by atoms with E-state index in [9.17, 15) is 4.79 Å². The van der Waals surface area contributed by atoms with Crippen LogP contribution in [-0.2, 0) is 0 Å². The first-order chi connectivity index (χ1) is 16.4. The van der Waals surface area contributed by atoms with E-state index in [1.165, 1.54) is 11.3 Å². The van der Waals surface area contributed by atoms with Crippen LogP contribution in [0, 0.1) is 0 Å². The third-order valence-corrected chi connectivity index (χ3v) is 7.28. The number of fused-ring (bicyclic) bond motifs is 2. The second-order valence-electron chi connectivity index (χ2n) is 7.35. The lowest BCUT2D eigenvalue weighted by Gasteiger charge is -2.15. The van der Waals surface area contributed by atoms with Crippen LogP contribution in [0.5, 0.6) is 0 Å². The van der Waals surface area contributed by atoms with Crippen molar-refractivity contribution in [1.29, 1.82) is 0 Å². The van der Waals surface area contributed by atoms with E-state index in [1.54, 1.807) is 36.4 Å². The fourth-order valence-corrected chi connectivity index (χ4v) is 5.60. The third-order valence-electron chi connectivity index (χ3n) is 5.16. The van der Waals surface area contributed by atoms with Crippen LogP contribution in [0.25, 0.3) is 31.6 Å². The van der Waals surface area contributed by atoms with E-state index in [2.05, 4.69) is 10.6 Å². The Bertz CT molecular complexity index is 1570. The molecule has 0 atom stereocenters. The molecule has 5 aromatic rings. The summed E-state index contributed by atoms with van der Waals surface area (Å²) in [6.45, 7) is 0. The zero-order valence-corrected chi connectivity index (χ0v) is 21.1. The van der Waals surface area contributed by atoms with Gasteiger partial charge in [0.1, 0.15) is 5.01 Å². The Labute approximate surface area is 219 Å². The molecule has 0 aliphatic heterocycles. The first-order valence-corrected chi connectivity index (χ1v) is 12.4. The van der Waals surface area contributed by atoms with Gasteiger partial charge >= 0.3 is 0 Å². The number of nitrogens with one attached hydrogen (secondary N) is 2. The molecule has 0 unspecified atom stereocenters. The average Bonchev–Trinajstić information content (AvgIpc) is 3.25. The van der Waals surface area contributed by atoms with E-state index in [-0.39, 0.29) is 11.0 Å². The average molecular weight is 543 g/mol. The second kappa shape index (κ2) is 9.49. The number of para-hydroxylation sites is 1. The molecule has 5 rings (SSSR count). The molecule has 0 saturated heterocycles. The van der Waals surface area contributed by atoms with E-state index >= 15 is 0 Å². The van der Waals surface area contributed by atoms with Gasteiger partial charge in [0, 0.05) is 26.6 Å². The van der Waals surface area contributed by atoms with Crippen LogP contribution in [0.1, 0.15) is 10.4 Å². The molecule has 0 bridgehead atoms. The second-order valence-corrected chi connectivity index (χ2v) is 10.0. The predicted molar refractivity (Wildman–Crippen MR) is 148 cm³/mol. The number of aromatic nitrogens is 1. The van der Waals surface area contributed by atoms with Crippen LogP contribution in [0.2, 0.25) is 15.1 Å². The summed E-state index contributed by atoms with van der Waals surface area (Å²) in [5.41, 5.74) is 2.52. The van der Waals surface area contributed by atoms with Crippen molar-refractivity contribution in [3.63, 3.8) is 0 Å². The molecule has 9 heteroatoms. The van der Waals surface area contributed by atoms with Gasteiger partial charge in [-0.3, -0.25) is 10.1 Å². The number of carbonyl (C=O) groups is 1. The molecule has 1 heterocycles. The minimum absolute atomic E-state index is 0.0932. The van der Waals surface area contributed by atoms with Gasteiger partial charge in [-0.05, 0) is 54.0 Å². The highest BCUT2D eigenvalue weighted by Gasteiger charge is 2.18. The summed E-state index contributed by atoms with van der Waals surface area (Å²) in [6.07, 6.45) is 0. The van der Waals surface area contributed by atoms with Gasteiger partial charge in [-0.15, -0.1) is 11.3 Å². The maximum absolute atomic E-state index is 13.0. The van der Waals surface area contributed by atoms with E-state index < -0.39 is 0 Å². The van der Waals surface area contributed by atoms with Gasteiger partial charge in [-0.2, -0.15) is 0 Å². The number of halogens is 3. The summed E-state index contributed by atoms with van der Waals surface area (Å²) in [4.78, 5) is 17.7. The molecule has 4 aromatic carbocycles. The summed E-state index contributed by atoms with van der Waals surface area (Å²) < 4.78 is 1.03. The highest BCUT2D eigenvalue weighted by Crippen LogP contribution is 2.40. The summed E-state index contributed by atoms with van der Waals surface area (Å²) in [7, 11) is 0. The first-order valence-electron chi connectivity index (χ1n) is 10.1. The molecule has 34 heavy (non-hydrogen) atoms. The molecule has 0 aliphatic carbocycles. The lowest BCUT2D eigenvalue weighted by atomic mass is 10.0. The highest BCUT2D eigenvalue weighted by molar-refractivity contribution is 7.80. The number of hydrogen-bond donors (Lipinski definition) is 2. The number of anilines is 1. The Morgan fingerprint density at radius 1 is 0.882 bits per heavy atom. The zero-order valence-electron chi connectivity index (χ0n) is 17.2. The Kier molecular flexibility index (Phi) is 6.42. The minimum Gasteiger partial charge on any atom is -0.331 e. The molecule has 1 amide bonds. The van der Waals surface area contributed by atoms with Gasteiger partial charge in [0.25, 0.3) is 5.91 Å². The number of hydrogen-bond acceptors (Lipinski definition) is 4. The predicted octanol–water partition coefficient (Wildman–Crippen LogP) is 8.20. The van der Waals surface area contributed by atoms with E-state index in [0.717, 1.165) is 26.0 Å². The van der Waals surface area contributed by atoms with Crippen LogP contribution < -0.4 is 10.6 Å². The number of rotatable bonds is 3. The molecule has 0 fully saturated rings. The lowest BCUT2D eigenvalue weighted by Crippen LogP contribution is -2.34. The third kappa shape index (κ3) is 4.48. The monoisotopic (exact) mass is 541 g/mol. The molecule has 0 radical (unpaired) electrons. The van der Waals surface area contributed by atoms with Crippen LogP contribution in [0.3, 0.4) is 0 Å². The number of benzene rings is 4. The van der Waals surface area contributed by atoms with Crippen molar-refractivity contribution in [2.45, 2.75) is 0 Å². The van der Waals surface area contributed by atoms with E-state index in [1.807, 2.05) is 36.4 Å². The lowest BCUT2D eigenvalue weighted by molar-refractivity contribution is 0.0979. The number of thiazole rings is 1. The van der Waals surface area contributed by atoms with Crippen LogP contribution >= 0.6 is 58.4 Å². The minimum atomic E-state index is -0.364. The molecular weight excluding hydrogens is 529 g/mol. The fraction of sp³-hybridized carbons (Fsp3) is 0. The number of nitrogens with zero attached hydrogens (tertiary/aromatic N) is 1. The number of carbonyl (C=O) groups excluding carboxylic acids is 1. The van der Waals surface area contributed by atoms with Gasteiger partial charge in [0.2, 0.25) is 0 Å².